The van der Waals surface area contributed by atoms with Crippen molar-refractivity contribution in [1.82, 2.24) is 10.2 Å². The van der Waals surface area contributed by atoms with E-state index in [0.29, 0.717) is 17.9 Å². The summed E-state index contributed by atoms with van der Waals surface area (Å²) in [7, 11) is 0. The highest BCUT2D eigenvalue weighted by Crippen LogP contribution is 2.41. The van der Waals surface area contributed by atoms with Crippen molar-refractivity contribution in [2.24, 2.45) is 0 Å². The molecule has 27 heavy (non-hydrogen) atoms. The van der Waals surface area contributed by atoms with E-state index in [1.54, 1.807) is 24.3 Å². The van der Waals surface area contributed by atoms with Crippen LogP contribution in [0.5, 0.6) is 0 Å². The van der Waals surface area contributed by atoms with E-state index in [0.717, 1.165) is 21.6 Å². The van der Waals surface area contributed by atoms with Crippen molar-refractivity contribution in [2.75, 3.05) is 6.54 Å². The van der Waals surface area contributed by atoms with Gasteiger partial charge in [-0.15, -0.1) is 0 Å². The predicted molar refractivity (Wildman–Crippen MR) is 97.9 cm³/mol. The van der Waals surface area contributed by atoms with Crippen LogP contribution >= 0.6 is 11.6 Å². The average Bonchev–Trinajstić information content (AvgIpc) is 3.15. The van der Waals surface area contributed by atoms with Gasteiger partial charge in [0, 0.05) is 5.02 Å². The first-order valence-electron chi connectivity index (χ1n) is 8.62. The summed E-state index contributed by atoms with van der Waals surface area (Å²) < 4.78 is 5.19. The number of nitrogens with one attached hydrogen (secondary N) is 1. The van der Waals surface area contributed by atoms with E-state index in [2.05, 4.69) is 5.32 Å². The number of nitrogens with zero attached hydrogens (tertiary/aromatic N) is 1. The SMILES string of the molecule is O=C(CN1C(=O)NC2(CCc3ccccc32)C1=O)OCc1ccc(Cl)cc1. The number of fused-ring (bicyclic) bond motifs is 2. The first-order valence-corrected chi connectivity index (χ1v) is 9.00. The molecule has 4 rings (SSSR count). The highest BCUT2D eigenvalue weighted by atomic mass is 35.5. The third kappa shape index (κ3) is 3.06. The zero-order chi connectivity index (χ0) is 19.0. The van der Waals surface area contributed by atoms with Crippen LogP contribution in [-0.4, -0.2) is 29.4 Å². The molecule has 1 atom stereocenters. The fourth-order valence-electron chi connectivity index (χ4n) is 3.65. The van der Waals surface area contributed by atoms with Gasteiger partial charge >= 0.3 is 12.0 Å². The Labute approximate surface area is 161 Å². The monoisotopic (exact) mass is 384 g/mol. The topological polar surface area (TPSA) is 75.7 Å². The van der Waals surface area contributed by atoms with E-state index in [1.807, 2.05) is 24.3 Å². The highest BCUT2D eigenvalue weighted by Gasteiger charge is 2.55. The number of rotatable bonds is 4. The molecule has 2 aliphatic rings. The number of ether oxygens (including phenoxy) is 1. The number of carbonyl (C=O) groups is 3. The maximum atomic E-state index is 13.0. The first kappa shape index (κ1) is 17.5. The molecule has 3 amide bonds. The Kier molecular flexibility index (Phi) is 4.36. The summed E-state index contributed by atoms with van der Waals surface area (Å²) >= 11 is 5.82. The van der Waals surface area contributed by atoms with Crippen LogP contribution in [0.4, 0.5) is 4.79 Å². The van der Waals surface area contributed by atoms with Crippen molar-refractivity contribution < 1.29 is 19.1 Å². The molecule has 1 N–H and O–H groups in total. The average molecular weight is 385 g/mol. The van der Waals surface area contributed by atoms with Crippen LogP contribution in [0.15, 0.2) is 48.5 Å². The van der Waals surface area contributed by atoms with Crippen molar-refractivity contribution in [3.63, 3.8) is 0 Å². The fourth-order valence-corrected chi connectivity index (χ4v) is 3.78. The molecular weight excluding hydrogens is 368 g/mol. The quantitative estimate of drug-likeness (QED) is 0.649. The molecule has 0 radical (unpaired) electrons. The molecule has 7 heteroatoms. The van der Waals surface area contributed by atoms with Crippen LogP contribution in [-0.2, 0) is 32.9 Å². The molecule has 1 unspecified atom stereocenters. The Bertz CT molecular complexity index is 928. The molecule has 6 nitrogen and oxygen atoms in total. The molecule has 1 aliphatic carbocycles. The second-order valence-electron chi connectivity index (χ2n) is 6.67. The van der Waals surface area contributed by atoms with Crippen LogP contribution in [0.2, 0.25) is 5.02 Å². The molecule has 0 saturated carbocycles. The van der Waals surface area contributed by atoms with Crippen molar-refractivity contribution in [3.05, 3.63) is 70.2 Å². The normalized spacial score (nSPS) is 20.7. The van der Waals surface area contributed by atoms with E-state index < -0.39 is 30.0 Å². The van der Waals surface area contributed by atoms with E-state index in [4.69, 9.17) is 16.3 Å². The minimum absolute atomic E-state index is 0.0492. The van der Waals surface area contributed by atoms with Crippen molar-refractivity contribution >= 4 is 29.5 Å². The summed E-state index contributed by atoms with van der Waals surface area (Å²) in [6.45, 7) is -0.365. The maximum Gasteiger partial charge on any atom is 0.326 e. The third-order valence-electron chi connectivity index (χ3n) is 5.02. The summed E-state index contributed by atoms with van der Waals surface area (Å²) in [5, 5.41) is 3.38. The van der Waals surface area contributed by atoms with Crippen LogP contribution < -0.4 is 5.32 Å². The number of aryl methyl sites for hydroxylation is 1. The number of esters is 1. The van der Waals surface area contributed by atoms with Gasteiger partial charge in [-0.2, -0.15) is 0 Å². The molecule has 1 saturated heterocycles. The van der Waals surface area contributed by atoms with Gasteiger partial charge in [-0.3, -0.25) is 14.5 Å². The number of imide groups is 1. The lowest BCUT2D eigenvalue weighted by Gasteiger charge is -2.22. The standard InChI is InChI=1S/C20H17ClN2O4/c21-15-7-5-13(6-8-15)12-27-17(24)11-23-18(25)20(22-19(23)26)10-9-14-3-1-2-4-16(14)20/h1-8H,9-12H2,(H,22,26). The third-order valence-corrected chi connectivity index (χ3v) is 5.27. The largest absolute Gasteiger partial charge is 0.459 e. The number of amides is 3. The van der Waals surface area contributed by atoms with Gasteiger partial charge in [-0.05, 0) is 41.7 Å². The van der Waals surface area contributed by atoms with Gasteiger partial charge in [0.05, 0.1) is 0 Å². The van der Waals surface area contributed by atoms with E-state index in [9.17, 15) is 14.4 Å². The molecule has 0 aromatic heterocycles. The Balaban J connectivity index is 1.44. The van der Waals surface area contributed by atoms with Crippen LogP contribution in [0.25, 0.3) is 0 Å². The fraction of sp³-hybridized carbons (Fsp3) is 0.250. The summed E-state index contributed by atoms with van der Waals surface area (Å²) in [5.41, 5.74) is 1.55. The maximum absolute atomic E-state index is 13.0. The van der Waals surface area contributed by atoms with Crippen molar-refractivity contribution in [1.29, 1.82) is 0 Å². The predicted octanol–water partition coefficient (Wildman–Crippen LogP) is 2.78. The Morgan fingerprint density at radius 1 is 1.15 bits per heavy atom. The van der Waals surface area contributed by atoms with Gasteiger partial charge in [0.2, 0.25) is 0 Å². The lowest BCUT2D eigenvalue weighted by atomic mass is 9.92. The smallest absolute Gasteiger partial charge is 0.326 e. The van der Waals surface area contributed by atoms with E-state index in [1.165, 1.54) is 0 Å². The Morgan fingerprint density at radius 3 is 2.67 bits per heavy atom. The first-order chi connectivity index (χ1) is 13.0. The molecule has 1 spiro atoms. The number of benzene rings is 2. The second-order valence-corrected chi connectivity index (χ2v) is 7.11. The molecule has 1 heterocycles. The number of urea groups is 1. The summed E-state index contributed by atoms with van der Waals surface area (Å²) in [5.74, 6) is -1.04. The minimum Gasteiger partial charge on any atom is -0.459 e. The second kappa shape index (κ2) is 6.70. The minimum atomic E-state index is -1.07. The molecule has 1 fully saturated rings. The summed E-state index contributed by atoms with van der Waals surface area (Å²) in [4.78, 5) is 38.4. The van der Waals surface area contributed by atoms with Gasteiger partial charge < -0.3 is 10.1 Å². The number of halogens is 1. The molecule has 2 aromatic rings. The number of carbonyl (C=O) groups excluding carboxylic acids is 3. The van der Waals surface area contributed by atoms with Gasteiger partial charge in [0.25, 0.3) is 5.91 Å². The molecule has 2 aromatic carbocycles. The summed E-state index contributed by atoms with van der Waals surface area (Å²) in [6.07, 6.45) is 1.20. The van der Waals surface area contributed by atoms with Crippen LogP contribution in [0, 0.1) is 0 Å². The molecule has 0 bridgehead atoms. The highest BCUT2D eigenvalue weighted by molar-refractivity contribution is 6.30. The molecule has 138 valence electrons. The Hall–Kier alpha value is -2.86. The Morgan fingerprint density at radius 2 is 1.89 bits per heavy atom. The van der Waals surface area contributed by atoms with Gasteiger partial charge in [-0.1, -0.05) is 48.0 Å². The van der Waals surface area contributed by atoms with E-state index in [-0.39, 0.29) is 6.61 Å². The van der Waals surface area contributed by atoms with Crippen LogP contribution in [0.1, 0.15) is 23.1 Å². The lowest BCUT2D eigenvalue weighted by molar-refractivity contribution is -0.149. The van der Waals surface area contributed by atoms with Crippen molar-refractivity contribution in [2.45, 2.75) is 25.0 Å². The van der Waals surface area contributed by atoms with Gasteiger partial charge in [0.1, 0.15) is 18.7 Å². The van der Waals surface area contributed by atoms with Crippen molar-refractivity contribution in [3.8, 4) is 0 Å². The molecule has 1 aliphatic heterocycles. The lowest BCUT2D eigenvalue weighted by Crippen LogP contribution is -2.42. The number of hydrogen-bond acceptors (Lipinski definition) is 4. The molecular formula is C20H17ClN2O4. The zero-order valence-corrected chi connectivity index (χ0v) is 15.2. The van der Waals surface area contributed by atoms with Gasteiger partial charge in [-0.25, -0.2) is 4.79 Å². The number of hydrogen-bond donors (Lipinski definition) is 1. The summed E-state index contributed by atoms with van der Waals surface area (Å²) in [6, 6.07) is 13.9. The van der Waals surface area contributed by atoms with Gasteiger partial charge in [0.15, 0.2) is 0 Å². The zero-order valence-electron chi connectivity index (χ0n) is 14.4. The van der Waals surface area contributed by atoms with Crippen LogP contribution in [0.3, 0.4) is 0 Å². The van der Waals surface area contributed by atoms with E-state index >= 15 is 0 Å².